The van der Waals surface area contributed by atoms with Gasteiger partial charge in [0.25, 0.3) is 5.56 Å². The fourth-order valence-electron chi connectivity index (χ4n) is 1.58. The summed E-state index contributed by atoms with van der Waals surface area (Å²) in [7, 11) is 0. The first-order valence-electron chi connectivity index (χ1n) is 4.16. The molecule has 0 amide bonds. The highest BCUT2D eigenvalue weighted by molar-refractivity contribution is 6.03. The van der Waals surface area contributed by atoms with Crippen LogP contribution < -0.4 is 5.56 Å². The van der Waals surface area contributed by atoms with Crippen LogP contribution in [-0.4, -0.2) is 20.2 Å². The predicted octanol–water partition coefficient (Wildman–Crippen LogP) is 0.799. The average Bonchev–Trinajstić information content (AvgIpc) is 2.65. The summed E-state index contributed by atoms with van der Waals surface area (Å²) in [6, 6.07) is 1.79. The second kappa shape index (κ2) is 2.41. The van der Waals surface area contributed by atoms with E-state index < -0.39 is 0 Å². The zero-order chi connectivity index (χ0) is 9.54. The van der Waals surface area contributed by atoms with Gasteiger partial charge in [-0.3, -0.25) is 9.89 Å². The minimum atomic E-state index is -0.150. The Kier molecular flexibility index (Phi) is 1.25. The molecule has 68 valence electrons. The molecule has 3 aromatic heterocycles. The third-order valence-electron chi connectivity index (χ3n) is 2.20. The first kappa shape index (κ1) is 7.25. The van der Waals surface area contributed by atoms with Gasteiger partial charge in [-0.25, -0.2) is 9.97 Å². The molecule has 0 aromatic carbocycles. The van der Waals surface area contributed by atoms with Crippen molar-refractivity contribution >= 4 is 21.8 Å². The Bertz CT molecular complexity index is 667. The van der Waals surface area contributed by atoms with E-state index in [-0.39, 0.29) is 5.56 Å². The predicted molar refractivity (Wildman–Crippen MR) is 52.0 cm³/mol. The van der Waals surface area contributed by atoms with Gasteiger partial charge in [-0.05, 0) is 6.07 Å². The molecule has 0 radical (unpaired) electrons. The third-order valence-corrected chi connectivity index (χ3v) is 2.20. The van der Waals surface area contributed by atoms with Gasteiger partial charge in [0.2, 0.25) is 0 Å². The molecule has 0 unspecified atom stereocenters. The van der Waals surface area contributed by atoms with Crippen LogP contribution in [0.15, 0.2) is 29.5 Å². The second-order valence-corrected chi connectivity index (χ2v) is 3.01. The van der Waals surface area contributed by atoms with Crippen molar-refractivity contribution in [2.24, 2.45) is 0 Å². The van der Waals surface area contributed by atoms with Gasteiger partial charge in [-0.2, -0.15) is 0 Å². The summed E-state index contributed by atoms with van der Waals surface area (Å²) in [5.74, 6) is 0. The lowest BCUT2D eigenvalue weighted by molar-refractivity contribution is 1.01. The van der Waals surface area contributed by atoms with Crippen LogP contribution in [0.2, 0.25) is 0 Å². The summed E-state index contributed by atoms with van der Waals surface area (Å²) >= 11 is 0. The smallest absolute Gasteiger partial charge is 0.271 e. The number of fused-ring (bicyclic) bond motifs is 3. The maximum Gasteiger partial charge on any atom is 0.271 e. The molecular weight excluding hydrogens is 180 g/mol. The van der Waals surface area contributed by atoms with E-state index in [4.69, 9.17) is 0 Å². The number of nitrogens with zero attached hydrogens (tertiary/aromatic N) is 2. The molecule has 3 aromatic rings. The van der Waals surface area contributed by atoms with Crippen molar-refractivity contribution in [2.75, 3.05) is 0 Å². The van der Waals surface area contributed by atoms with E-state index in [1.807, 2.05) is 0 Å². The number of pyridine rings is 1. The highest BCUT2D eigenvalue weighted by atomic mass is 16.1. The summed E-state index contributed by atoms with van der Waals surface area (Å²) in [4.78, 5) is 19.7. The van der Waals surface area contributed by atoms with Crippen LogP contribution >= 0.6 is 0 Å². The van der Waals surface area contributed by atoms with E-state index in [1.54, 1.807) is 24.7 Å². The van der Waals surface area contributed by atoms with Crippen LogP contribution in [0.4, 0.5) is 0 Å². The number of hydrogen-bond donors (Lipinski definition) is 2. The molecule has 0 saturated carbocycles. The Morgan fingerprint density at radius 2 is 2.21 bits per heavy atom. The summed E-state index contributed by atoms with van der Waals surface area (Å²) in [6.07, 6.45) is 4.99. The molecule has 3 rings (SSSR count). The van der Waals surface area contributed by atoms with Crippen LogP contribution in [0.3, 0.4) is 0 Å². The average molecular weight is 186 g/mol. The van der Waals surface area contributed by atoms with Crippen LogP contribution in [0.5, 0.6) is 0 Å². The molecule has 14 heavy (non-hydrogen) atoms. The summed E-state index contributed by atoms with van der Waals surface area (Å²) < 4.78 is 0. The van der Waals surface area contributed by atoms with Gasteiger partial charge >= 0.3 is 0 Å². The number of H-pyrrole nitrogens is 2. The molecule has 0 aliphatic carbocycles. The van der Waals surface area contributed by atoms with Crippen LogP contribution in [0.25, 0.3) is 21.8 Å². The lowest BCUT2D eigenvalue weighted by atomic mass is 10.2. The molecule has 0 aliphatic rings. The molecule has 0 fully saturated rings. The maximum atomic E-state index is 11.5. The van der Waals surface area contributed by atoms with Gasteiger partial charge in [0.05, 0.1) is 5.39 Å². The number of nitrogens with one attached hydrogen (secondary N) is 2. The zero-order valence-electron chi connectivity index (χ0n) is 7.11. The molecule has 0 bridgehead atoms. The molecule has 3 heterocycles. The fourth-order valence-corrected chi connectivity index (χ4v) is 1.58. The Morgan fingerprint density at radius 3 is 3.14 bits per heavy atom. The van der Waals surface area contributed by atoms with E-state index in [2.05, 4.69) is 20.2 Å². The van der Waals surface area contributed by atoms with Crippen LogP contribution in [0.1, 0.15) is 0 Å². The Morgan fingerprint density at radius 1 is 1.29 bits per heavy atom. The molecule has 0 saturated heterocycles. The number of aromatic nitrogens is 4. The van der Waals surface area contributed by atoms with E-state index in [9.17, 15) is 4.79 Å². The first-order chi connectivity index (χ1) is 6.86. The van der Waals surface area contributed by atoms with Crippen molar-refractivity contribution < 1.29 is 0 Å². The highest BCUT2D eigenvalue weighted by Crippen LogP contribution is 2.17. The van der Waals surface area contributed by atoms with E-state index in [0.717, 1.165) is 10.8 Å². The Labute approximate surface area is 77.8 Å². The molecule has 5 heteroatoms. The van der Waals surface area contributed by atoms with Crippen molar-refractivity contribution in [3.63, 3.8) is 0 Å². The van der Waals surface area contributed by atoms with Crippen molar-refractivity contribution in [3.05, 3.63) is 35.0 Å². The summed E-state index contributed by atoms with van der Waals surface area (Å²) in [6.45, 7) is 0. The molecule has 0 aliphatic heterocycles. The van der Waals surface area contributed by atoms with Crippen molar-refractivity contribution in [1.82, 2.24) is 20.2 Å². The van der Waals surface area contributed by atoms with Crippen molar-refractivity contribution in [2.45, 2.75) is 0 Å². The standard InChI is InChI=1S/C9H6N4O/c14-9-7-5(4-12-13-9)3-11-8-6(7)1-2-10-8/h1-4,12H,(H,13,14). The van der Waals surface area contributed by atoms with Crippen molar-refractivity contribution in [1.29, 1.82) is 0 Å². The van der Waals surface area contributed by atoms with E-state index >= 15 is 0 Å². The summed E-state index contributed by atoms with van der Waals surface area (Å²) in [5, 5.41) is 7.39. The first-order valence-corrected chi connectivity index (χ1v) is 4.16. The van der Waals surface area contributed by atoms with Gasteiger partial charge in [0.1, 0.15) is 0 Å². The third kappa shape index (κ3) is 0.806. The van der Waals surface area contributed by atoms with Crippen molar-refractivity contribution in [3.8, 4) is 0 Å². The Balaban J connectivity index is 2.74. The number of rotatable bonds is 0. The lowest BCUT2D eigenvalue weighted by Gasteiger charge is -1.96. The Hall–Kier alpha value is -2.17. The van der Waals surface area contributed by atoms with Gasteiger partial charge in [-0.1, -0.05) is 0 Å². The van der Waals surface area contributed by atoms with Gasteiger partial charge in [0, 0.05) is 29.4 Å². The SMILES string of the molecule is O=c1[nH][nH]cc2cnc3nccc3c12. The second-order valence-electron chi connectivity index (χ2n) is 3.01. The topological polar surface area (TPSA) is 74.4 Å². The van der Waals surface area contributed by atoms with Gasteiger partial charge < -0.3 is 5.10 Å². The number of aromatic amines is 2. The molecule has 0 spiro atoms. The van der Waals surface area contributed by atoms with Gasteiger partial charge in [0.15, 0.2) is 5.65 Å². The molecule has 2 N–H and O–H groups in total. The minimum absolute atomic E-state index is 0.150. The van der Waals surface area contributed by atoms with Crippen LogP contribution in [0, 0.1) is 0 Å². The highest BCUT2D eigenvalue weighted by Gasteiger charge is 2.05. The van der Waals surface area contributed by atoms with Crippen LogP contribution in [-0.2, 0) is 0 Å². The van der Waals surface area contributed by atoms with E-state index in [0.29, 0.717) is 11.0 Å². The van der Waals surface area contributed by atoms with Gasteiger partial charge in [-0.15, -0.1) is 0 Å². The zero-order valence-corrected chi connectivity index (χ0v) is 7.11. The molecular formula is C9H6N4O. The fraction of sp³-hybridized carbons (Fsp3) is 0. The summed E-state index contributed by atoms with van der Waals surface area (Å²) in [5.41, 5.74) is 0.456. The largest absolute Gasteiger partial charge is 0.305 e. The normalized spacial score (nSPS) is 11.1. The molecule has 5 nitrogen and oxygen atoms in total. The van der Waals surface area contributed by atoms with E-state index in [1.165, 1.54) is 0 Å². The quantitative estimate of drug-likeness (QED) is 0.545. The molecule has 0 atom stereocenters. The lowest BCUT2D eigenvalue weighted by Crippen LogP contribution is -2.07. The monoisotopic (exact) mass is 186 g/mol. The number of hydrogen-bond acceptors (Lipinski definition) is 3. The maximum absolute atomic E-state index is 11.5. The minimum Gasteiger partial charge on any atom is -0.305 e.